The van der Waals surface area contributed by atoms with E-state index in [-0.39, 0.29) is 0 Å². The normalized spacial score (nSPS) is 15.3. The summed E-state index contributed by atoms with van der Waals surface area (Å²) in [5.74, 6) is 3.18. The minimum atomic E-state index is 0.436. The van der Waals surface area contributed by atoms with Crippen molar-refractivity contribution in [3.63, 3.8) is 0 Å². The molecule has 0 atom stereocenters. The molecule has 1 fully saturated rings. The second kappa shape index (κ2) is 7.42. The second-order valence-corrected chi connectivity index (χ2v) is 6.75. The van der Waals surface area contributed by atoms with E-state index in [2.05, 4.69) is 25.0 Å². The zero-order chi connectivity index (χ0) is 17.9. The fraction of sp³-hybridized carbons (Fsp3) is 0.350. The zero-order valence-electron chi connectivity index (χ0n) is 15.2. The molecule has 1 N–H and O–H groups in total. The molecule has 1 aliphatic rings. The standard InChI is InChI=1S/C20H23BN2O3/c1-24-15-4-2-13(3-5-15)12-26-19-16(21)6-7-17-18(19)23-20(22-17)14-8-10-25-11-9-14/h2-7,14H,8-12,21H2,1H3,(H,22,23). The van der Waals surface area contributed by atoms with Gasteiger partial charge in [-0.2, -0.15) is 0 Å². The number of hydrogen-bond acceptors (Lipinski definition) is 4. The van der Waals surface area contributed by atoms with Crippen LogP contribution in [0.1, 0.15) is 30.1 Å². The van der Waals surface area contributed by atoms with E-state index < -0.39 is 0 Å². The topological polar surface area (TPSA) is 56.4 Å². The highest BCUT2D eigenvalue weighted by atomic mass is 16.5. The van der Waals surface area contributed by atoms with Crippen LogP contribution in [0.2, 0.25) is 0 Å². The van der Waals surface area contributed by atoms with Crippen LogP contribution in [0.4, 0.5) is 0 Å². The van der Waals surface area contributed by atoms with Crippen molar-refractivity contribution >= 4 is 24.3 Å². The van der Waals surface area contributed by atoms with Gasteiger partial charge in [0.25, 0.3) is 0 Å². The SMILES string of the molecule is Bc1ccc2[nH]c(C3CCOCC3)nc2c1OCc1ccc(OC)cc1. The van der Waals surface area contributed by atoms with Crippen LogP contribution in [0.15, 0.2) is 36.4 Å². The van der Waals surface area contributed by atoms with E-state index in [9.17, 15) is 0 Å². The van der Waals surface area contributed by atoms with Crippen LogP contribution in [0.25, 0.3) is 11.0 Å². The van der Waals surface area contributed by atoms with Gasteiger partial charge in [0.1, 0.15) is 37.3 Å². The number of methoxy groups -OCH3 is 1. The first-order chi connectivity index (χ1) is 12.7. The van der Waals surface area contributed by atoms with Gasteiger partial charge in [-0.15, -0.1) is 0 Å². The minimum Gasteiger partial charge on any atom is -0.497 e. The summed E-state index contributed by atoms with van der Waals surface area (Å²) < 4.78 is 16.8. The summed E-state index contributed by atoms with van der Waals surface area (Å²) in [6, 6.07) is 12.1. The first-order valence-electron chi connectivity index (χ1n) is 9.07. The van der Waals surface area contributed by atoms with Crippen LogP contribution < -0.4 is 14.9 Å². The predicted molar refractivity (Wildman–Crippen MR) is 104 cm³/mol. The lowest BCUT2D eigenvalue weighted by atomic mass is 9.94. The summed E-state index contributed by atoms with van der Waals surface area (Å²) in [6.45, 7) is 2.12. The number of hydrogen-bond donors (Lipinski definition) is 1. The molecule has 0 amide bonds. The summed E-state index contributed by atoms with van der Waals surface area (Å²) in [6.07, 6.45) is 2.03. The molecule has 0 aliphatic carbocycles. The lowest BCUT2D eigenvalue weighted by Gasteiger charge is -2.19. The van der Waals surface area contributed by atoms with E-state index in [1.165, 1.54) is 0 Å². The van der Waals surface area contributed by atoms with Gasteiger partial charge < -0.3 is 19.2 Å². The molecule has 2 aromatic carbocycles. The number of ether oxygens (including phenoxy) is 3. The monoisotopic (exact) mass is 350 g/mol. The summed E-state index contributed by atoms with van der Waals surface area (Å²) in [5, 5.41) is 0. The maximum atomic E-state index is 6.16. The van der Waals surface area contributed by atoms with Crippen LogP contribution in [-0.4, -0.2) is 38.1 Å². The van der Waals surface area contributed by atoms with Gasteiger partial charge in [0.2, 0.25) is 0 Å². The van der Waals surface area contributed by atoms with Crippen molar-refractivity contribution in [1.82, 2.24) is 9.97 Å². The van der Waals surface area contributed by atoms with Crippen molar-refractivity contribution in [2.45, 2.75) is 25.4 Å². The summed E-state index contributed by atoms with van der Waals surface area (Å²) >= 11 is 0. The number of H-pyrrole nitrogens is 1. The number of aromatic amines is 1. The highest BCUT2D eigenvalue weighted by molar-refractivity contribution is 6.35. The molecular formula is C20H23BN2O3. The summed E-state index contributed by atoms with van der Waals surface area (Å²) in [4.78, 5) is 8.36. The van der Waals surface area contributed by atoms with Gasteiger partial charge in [-0.05, 0) is 42.1 Å². The smallest absolute Gasteiger partial charge is 0.144 e. The molecule has 5 nitrogen and oxygen atoms in total. The fourth-order valence-corrected chi connectivity index (χ4v) is 3.39. The van der Waals surface area contributed by atoms with Gasteiger partial charge in [-0.25, -0.2) is 4.98 Å². The Labute approximate surface area is 154 Å². The first-order valence-corrected chi connectivity index (χ1v) is 9.07. The Morgan fingerprint density at radius 1 is 1.15 bits per heavy atom. The van der Waals surface area contributed by atoms with Gasteiger partial charge in [0.05, 0.1) is 12.6 Å². The van der Waals surface area contributed by atoms with Crippen molar-refractivity contribution in [2.75, 3.05) is 20.3 Å². The summed E-state index contributed by atoms with van der Waals surface area (Å²) in [7, 11) is 3.73. The maximum Gasteiger partial charge on any atom is 0.144 e. The highest BCUT2D eigenvalue weighted by Gasteiger charge is 2.21. The number of nitrogens with one attached hydrogen (secondary N) is 1. The van der Waals surface area contributed by atoms with E-state index in [0.717, 1.165) is 65.4 Å². The van der Waals surface area contributed by atoms with E-state index in [1.807, 2.05) is 24.3 Å². The van der Waals surface area contributed by atoms with Crippen LogP contribution in [0, 0.1) is 0 Å². The Morgan fingerprint density at radius 2 is 1.92 bits per heavy atom. The van der Waals surface area contributed by atoms with E-state index in [0.29, 0.717) is 12.5 Å². The molecule has 1 aliphatic heterocycles. The van der Waals surface area contributed by atoms with Gasteiger partial charge >= 0.3 is 0 Å². The Bertz CT molecular complexity index is 886. The van der Waals surface area contributed by atoms with Gasteiger partial charge in [-0.1, -0.05) is 18.2 Å². The average Bonchev–Trinajstić information content (AvgIpc) is 3.13. The third-order valence-corrected chi connectivity index (χ3v) is 4.97. The predicted octanol–water partition coefficient (Wildman–Crippen LogP) is 2.30. The molecule has 0 bridgehead atoms. The van der Waals surface area contributed by atoms with Crippen molar-refractivity contribution < 1.29 is 14.2 Å². The Hall–Kier alpha value is -2.47. The number of fused-ring (bicyclic) bond motifs is 1. The molecule has 3 aromatic rings. The van der Waals surface area contributed by atoms with E-state index in [4.69, 9.17) is 19.2 Å². The van der Waals surface area contributed by atoms with Gasteiger partial charge in [0.15, 0.2) is 0 Å². The molecular weight excluding hydrogens is 327 g/mol. The molecule has 0 unspecified atom stereocenters. The van der Waals surface area contributed by atoms with E-state index >= 15 is 0 Å². The maximum absolute atomic E-state index is 6.16. The van der Waals surface area contributed by atoms with Crippen LogP contribution in [-0.2, 0) is 11.3 Å². The van der Waals surface area contributed by atoms with Crippen LogP contribution >= 0.6 is 0 Å². The summed E-state index contributed by atoms with van der Waals surface area (Å²) in [5.41, 5.74) is 4.14. The number of rotatable bonds is 5. The quantitative estimate of drug-likeness (QED) is 0.718. The number of benzene rings is 2. The largest absolute Gasteiger partial charge is 0.497 e. The molecule has 4 rings (SSSR count). The third-order valence-electron chi connectivity index (χ3n) is 4.97. The first kappa shape index (κ1) is 17.0. The Balaban J connectivity index is 1.58. The Kier molecular flexibility index (Phi) is 4.84. The van der Waals surface area contributed by atoms with Crippen molar-refractivity contribution in [2.24, 2.45) is 0 Å². The van der Waals surface area contributed by atoms with Gasteiger partial charge in [0, 0.05) is 19.1 Å². The molecule has 0 spiro atoms. The number of aromatic nitrogens is 2. The minimum absolute atomic E-state index is 0.436. The number of imidazole rings is 1. The van der Waals surface area contributed by atoms with Crippen molar-refractivity contribution in [1.29, 1.82) is 0 Å². The molecule has 134 valence electrons. The average molecular weight is 350 g/mol. The van der Waals surface area contributed by atoms with Crippen molar-refractivity contribution in [3.05, 3.63) is 47.8 Å². The van der Waals surface area contributed by atoms with Gasteiger partial charge in [-0.3, -0.25) is 0 Å². The lowest BCUT2D eigenvalue weighted by molar-refractivity contribution is 0.0838. The molecule has 0 radical (unpaired) electrons. The van der Waals surface area contributed by atoms with Crippen molar-refractivity contribution in [3.8, 4) is 11.5 Å². The molecule has 1 aromatic heterocycles. The van der Waals surface area contributed by atoms with E-state index in [1.54, 1.807) is 7.11 Å². The van der Waals surface area contributed by atoms with Crippen LogP contribution in [0.5, 0.6) is 11.5 Å². The third kappa shape index (κ3) is 3.42. The molecule has 1 saturated heterocycles. The molecule has 0 saturated carbocycles. The molecule has 2 heterocycles. The Morgan fingerprint density at radius 3 is 2.65 bits per heavy atom. The number of nitrogens with zero attached hydrogens (tertiary/aromatic N) is 1. The van der Waals surface area contributed by atoms with Crippen LogP contribution in [0.3, 0.4) is 0 Å². The molecule has 6 heteroatoms. The fourth-order valence-electron chi connectivity index (χ4n) is 3.39. The lowest BCUT2D eigenvalue weighted by Crippen LogP contribution is -2.15. The molecule has 26 heavy (non-hydrogen) atoms. The highest BCUT2D eigenvalue weighted by Crippen LogP contribution is 2.29. The zero-order valence-corrected chi connectivity index (χ0v) is 15.2. The second-order valence-electron chi connectivity index (χ2n) is 6.75.